The summed E-state index contributed by atoms with van der Waals surface area (Å²) in [6, 6.07) is 42.3. The summed E-state index contributed by atoms with van der Waals surface area (Å²) in [4.78, 5) is 13.2. The summed E-state index contributed by atoms with van der Waals surface area (Å²) in [6.07, 6.45) is 0.0998. The zero-order valence-corrected chi connectivity index (χ0v) is 24.5. The van der Waals surface area contributed by atoms with Crippen LogP contribution in [0.1, 0.15) is 30.6 Å². The van der Waals surface area contributed by atoms with Gasteiger partial charge < -0.3 is 9.47 Å². The molecule has 0 radical (unpaired) electrons. The minimum Gasteiger partial charge on any atom is -0.432 e. The molecule has 2 fully saturated rings. The molecule has 2 bridgehead atoms. The molecule has 3 heterocycles. The molecule has 0 aliphatic carbocycles. The summed E-state index contributed by atoms with van der Waals surface area (Å²) in [5, 5.41) is 3.96. The summed E-state index contributed by atoms with van der Waals surface area (Å²) in [6.45, 7) is 4.66. The molecule has 6 atom stereocenters. The van der Waals surface area contributed by atoms with Crippen molar-refractivity contribution in [2.75, 3.05) is 0 Å². The normalized spacial score (nSPS) is 28.6. The predicted molar refractivity (Wildman–Crippen MR) is 166 cm³/mol. The van der Waals surface area contributed by atoms with E-state index in [1.54, 1.807) is 0 Å². The van der Waals surface area contributed by atoms with Gasteiger partial charge in [0.2, 0.25) is 6.29 Å². The Labute approximate surface area is 238 Å². The van der Waals surface area contributed by atoms with Gasteiger partial charge >= 0.3 is 5.97 Å². The number of fused-ring (bicyclic) bond motifs is 5. The van der Waals surface area contributed by atoms with Crippen molar-refractivity contribution in [1.29, 1.82) is 0 Å². The standard InChI is InChI=1S/C35H32O3P2/c1-24-25(2)33-35(40(28-19-11-5-12-20-28)29-21-13-6-14-22-29)23-30(38-34(36)26-15-7-3-8-16-26)37-32(35)31(24)39(33)27-17-9-4-10-18-27/h3-22,30-33H,23H2,1-2H3/t30-,31+,32-,33-,35+,39?/m0/s1. The van der Waals surface area contributed by atoms with Crippen molar-refractivity contribution in [2.24, 2.45) is 0 Å². The van der Waals surface area contributed by atoms with Gasteiger partial charge in [0, 0.05) is 22.9 Å². The van der Waals surface area contributed by atoms with Crippen molar-refractivity contribution in [1.82, 2.24) is 0 Å². The average molecular weight is 563 g/mol. The van der Waals surface area contributed by atoms with Crippen LogP contribution in [0.4, 0.5) is 0 Å². The van der Waals surface area contributed by atoms with E-state index in [0.717, 1.165) is 0 Å². The average Bonchev–Trinajstić information content (AvgIpc) is 3.59. The Morgan fingerprint density at radius 2 is 1.30 bits per heavy atom. The maximum absolute atomic E-state index is 13.2. The Bertz CT molecular complexity index is 1500. The first-order valence-corrected chi connectivity index (χ1v) is 16.7. The van der Waals surface area contributed by atoms with Gasteiger partial charge in [0.15, 0.2) is 0 Å². The summed E-state index contributed by atoms with van der Waals surface area (Å²) in [5.74, 6) is -0.316. The van der Waals surface area contributed by atoms with Gasteiger partial charge in [-0.3, -0.25) is 0 Å². The van der Waals surface area contributed by atoms with Crippen molar-refractivity contribution in [3.63, 3.8) is 0 Å². The molecule has 3 nitrogen and oxygen atoms in total. The third kappa shape index (κ3) is 4.02. The Balaban J connectivity index is 1.39. The summed E-state index contributed by atoms with van der Waals surface area (Å²) in [7, 11) is -1.36. The number of ether oxygens (including phenoxy) is 2. The molecule has 4 aromatic rings. The molecule has 3 aliphatic rings. The van der Waals surface area contributed by atoms with E-state index in [1.807, 2.05) is 30.3 Å². The van der Waals surface area contributed by atoms with E-state index in [-0.39, 0.29) is 17.2 Å². The number of esters is 1. The van der Waals surface area contributed by atoms with Gasteiger partial charge in [-0.2, -0.15) is 0 Å². The number of hydrogen-bond acceptors (Lipinski definition) is 3. The van der Waals surface area contributed by atoms with Crippen LogP contribution in [0.2, 0.25) is 0 Å². The molecule has 5 heteroatoms. The van der Waals surface area contributed by atoms with Gasteiger partial charge in [-0.05, 0) is 49.8 Å². The fraction of sp³-hybridized carbons (Fsp3) is 0.229. The first-order chi connectivity index (χ1) is 19.6. The molecule has 2 saturated heterocycles. The third-order valence-electron chi connectivity index (χ3n) is 8.85. The van der Waals surface area contributed by atoms with E-state index in [4.69, 9.17) is 9.47 Å². The van der Waals surface area contributed by atoms with Gasteiger partial charge in [-0.1, -0.05) is 128 Å². The Morgan fingerprint density at radius 3 is 1.88 bits per heavy atom. The quantitative estimate of drug-likeness (QED) is 0.148. The number of rotatable bonds is 6. The number of carbonyl (C=O) groups is 1. The maximum Gasteiger partial charge on any atom is 0.340 e. The van der Waals surface area contributed by atoms with Crippen LogP contribution in [0.15, 0.2) is 132 Å². The predicted octanol–water partition coefficient (Wildman–Crippen LogP) is 6.74. The van der Waals surface area contributed by atoms with Crippen LogP contribution in [-0.4, -0.2) is 34.8 Å². The highest BCUT2D eigenvalue weighted by Gasteiger charge is 2.72. The van der Waals surface area contributed by atoms with Gasteiger partial charge in [0.25, 0.3) is 0 Å². The Hall–Kier alpha value is -3.09. The fourth-order valence-corrected chi connectivity index (χ4v) is 15.5. The molecule has 1 unspecified atom stereocenters. The van der Waals surface area contributed by atoms with Crippen molar-refractivity contribution in [3.8, 4) is 0 Å². The van der Waals surface area contributed by atoms with E-state index in [1.165, 1.54) is 27.1 Å². The number of carbonyl (C=O) groups excluding carboxylic acids is 1. The molecular formula is C35H32O3P2. The summed E-state index contributed by atoms with van der Waals surface area (Å²) >= 11 is 0. The highest BCUT2D eigenvalue weighted by molar-refractivity contribution is 7.77. The van der Waals surface area contributed by atoms with Crippen LogP contribution in [0.3, 0.4) is 0 Å². The lowest BCUT2D eigenvalue weighted by Gasteiger charge is -2.45. The Morgan fingerprint density at radius 1 is 0.775 bits per heavy atom. The summed E-state index contributed by atoms with van der Waals surface area (Å²) < 4.78 is 13.1. The van der Waals surface area contributed by atoms with E-state index in [0.29, 0.717) is 23.3 Å². The molecule has 0 amide bonds. The van der Waals surface area contributed by atoms with Crippen LogP contribution < -0.4 is 15.9 Å². The smallest absolute Gasteiger partial charge is 0.340 e. The lowest BCUT2D eigenvalue weighted by Crippen LogP contribution is -2.50. The van der Waals surface area contributed by atoms with E-state index in [9.17, 15) is 4.79 Å². The molecule has 7 rings (SSSR count). The Kier molecular flexibility index (Phi) is 6.71. The van der Waals surface area contributed by atoms with Crippen molar-refractivity contribution in [3.05, 3.63) is 138 Å². The van der Waals surface area contributed by atoms with Crippen molar-refractivity contribution in [2.45, 2.75) is 49.1 Å². The largest absolute Gasteiger partial charge is 0.432 e. The first kappa shape index (κ1) is 25.8. The van der Waals surface area contributed by atoms with E-state index >= 15 is 0 Å². The monoisotopic (exact) mass is 562 g/mol. The van der Waals surface area contributed by atoms with Gasteiger partial charge in [0.1, 0.15) is 0 Å². The van der Waals surface area contributed by atoms with Gasteiger partial charge in [-0.15, -0.1) is 0 Å². The second-order valence-corrected chi connectivity index (χ2v) is 15.9. The second-order valence-electron chi connectivity index (χ2n) is 10.9. The second kappa shape index (κ2) is 10.4. The zero-order valence-electron chi connectivity index (χ0n) is 22.7. The summed E-state index contributed by atoms with van der Waals surface area (Å²) in [5.41, 5.74) is 4.19. The van der Waals surface area contributed by atoms with Crippen LogP contribution in [0.5, 0.6) is 0 Å². The van der Waals surface area contributed by atoms with Crippen LogP contribution in [0.25, 0.3) is 0 Å². The molecule has 3 aliphatic heterocycles. The topological polar surface area (TPSA) is 35.5 Å². The lowest BCUT2D eigenvalue weighted by atomic mass is 9.81. The maximum atomic E-state index is 13.2. The van der Waals surface area contributed by atoms with Crippen molar-refractivity contribution >= 4 is 37.7 Å². The molecule has 0 aromatic heterocycles. The molecule has 0 N–H and O–H groups in total. The van der Waals surface area contributed by atoms with Gasteiger partial charge in [-0.25, -0.2) is 4.79 Å². The molecular weight excluding hydrogens is 530 g/mol. The van der Waals surface area contributed by atoms with Crippen molar-refractivity contribution < 1.29 is 14.3 Å². The minimum atomic E-state index is -0.831. The SMILES string of the molecule is CC1=C(C)[C@@H]2P(c3ccccc3)[C@H]1[C@@H]1O[C@@H](OC(=O)c3ccccc3)C[C@]21P(c1ccccc1)c1ccccc1. The fourth-order valence-electron chi connectivity index (χ4n) is 7.21. The highest BCUT2D eigenvalue weighted by atomic mass is 31.1. The molecule has 40 heavy (non-hydrogen) atoms. The minimum absolute atomic E-state index is 0.0207. The van der Waals surface area contributed by atoms with E-state index in [2.05, 4.69) is 105 Å². The van der Waals surface area contributed by atoms with Gasteiger partial charge in [0.05, 0.1) is 11.7 Å². The zero-order chi connectivity index (χ0) is 27.3. The molecule has 200 valence electrons. The highest BCUT2D eigenvalue weighted by Crippen LogP contribution is 2.79. The van der Waals surface area contributed by atoms with Crippen LogP contribution >= 0.6 is 15.8 Å². The molecule has 4 aromatic carbocycles. The number of allylic oxidation sites excluding steroid dienone is 1. The third-order valence-corrected chi connectivity index (χ3v) is 15.8. The van der Waals surface area contributed by atoms with Crippen LogP contribution in [-0.2, 0) is 9.47 Å². The number of benzene rings is 4. The first-order valence-electron chi connectivity index (χ1n) is 13.9. The number of hydrogen-bond donors (Lipinski definition) is 0. The molecule has 0 saturated carbocycles. The lowest BCUT2D eigenvalue weighted by molar-refractivity contribution is -0.101. The van der Waals surface area contributed by atoms with Crippen LogP contribution in [0, 0.1) is 0 Å². The van der Waals surface area contributed by atoms with E-state index < -0.39 is 22.1 Å². The molecule has 0 spiro atoms.